The second-order valence-electron chi connectivity index (χ2n) is 6.66. The fourth-order valence-corrected chi connectivity index (χ4v) is 1.81. The molecule has 1 unspecified atom stereocenters. The van der Waals surface area contributed by atoms with E-state index in [1.54, 1.807) is 0 Å². The third-order valence-electron chi connectivity index (χ3n) is 3.93. The van der Waals surface area contributed by atoms with E-state index < -0.39 is 71.5 Å². The van der Waals surface area contributed by atoms with Gasteiger partial charge < -0.3 is 4.74 Å². The van der Waals surface area contributed by atoms with Gasteiger partial charge in [-0.05, 0) is 6.92 Å². The van der Waals surface area contributed by atoms with Crippen LogP contribution in [0.4, 0.5) is 87.8 Å². The van der Waals surface area contributed by atoms with E-state index in [0.717, 1.165) is 0 Å². The fraction of sp³-hybridized carbons (Fsp3) is 0.786. The molecule has 0 bridgehead atoms. The highest BCUT2D eigenvalue weighted by Gasteiger charge is 2.96. The van der Waals surface area contributed by atoms with Crippen LogP contribution < -0.4 is 0 Å². The van der Waals surface area contributed by atoms with E-state index in [9.17, 15) is 92.6 Å². The first-order chi connectivity index (χ1) is 15.2. The van der Waals surface area contributed by atoms with Crippen LogP contribution in [0.5, 0.6) is 0 Å². The molecule has 0 amide bonds. The molecule has 0 aromatic carbocycles. The molecular weight excluding hydrogens is 580 g/mol. The van der Waals surface area contributed by atoms with Crippen molar-refractivity contribution in [3.8, 4) is 0 Å². The second-order valence-corrected chi connectivity index (χ2v) is 6.66. The monoisotopic (exact) mass is 586 g/mol. The maximum absolute atomic E-state index is 13.5. The first kappa shape index (κ1) is 33.8. The van der Waals surface area contributed by atoms with Crippen molar-refractivity contribution < 1.29 is 97.3 Å². The average molecular weight is 586 g/mol. The first-order valence-corrected chi connectivity index (χ1v) is 7.85. The second kappa shape index (κ2) is 8.69. The lowest BCUT2D eigenvalue weighted by molar-refractivity contribution is -0.471. The molecule has 22 heteroatoms. The quantitative estimate of drug-likeness (QED) is 0.156. The van der Waals surface area contributed by atoms with Gasteiger partial charge in [-0.15, -0.1) is 0 Å². The van der Waals surface area contributed by atoms with Gasteiger partial charge in [0.2, 0.25) is 0 Å². The van der Waals surface area contributed by atoms with E-state index in [2.05, 4.69) is 11.3 Å². The Balaban J connectivity index is 6.92. The van der Waals surface area contributed by atoms with Crippen molar-refractivity contribution in [2.45, 2.75) is 66.8 Å². The van der Waals surface area contributed by atoms with Crippen LogP contribution in [0.1, 0.15) is 6.92 Å². The third kappa shape index (κ3) is 4.51. The van der Waals surface area contributed by atoms with Crippen LogP contribution in [0.25, 0.3) is 0 Å². The number of ether oxygens (including phenoxy) is 1. The molecule has 0 heterocycles. The van der Waals surface area contributed by atoms with Gasteiger partial charge in [0.15, 0.2) is 0 Å². The van der Waals surface area contributed by atoms with Crippen LogP contribution in [0.2, 0.25) is 0 Å². The molecule has 0 aliphatic rings. The van der Waals surface area contributed by atoms with Crippen LogP contribution in [-0.2, 0) is 9.53 Å². The summed E-state index contributed by atoms with van der Waals surface area (Å²) in [5.41, 5.74) is -1.38. The molecule has 0 saturated carbocycles. The summed E-state index contributed by atoms with van der Waals surface area (Å²) in [6.45, 7) is 2.73. The van der Waals surface area contributed by atoms with Gasteiger partial charge in [-0.2, -0.15) is 83.4 Å². The highest BCUT2D eigenvalue weighted by atomic mass is 19.4. The maximum Gasteiger partial charge on any atom is 0.473 e. The van der Waals surface area contributed by atoms with E-state index in [0.29, 0.717) is 6.92 Å². The Labute approximate surface area is 183 Å². The van der Waals surface area contributed by atoms with Crippen molar-refractivity contribution in [2.75, 3.05) is 0 Å². The number of esters is 1. The van der Waals surface area contributed by atoms with Gasteiger partial charge in [-0.3, -0.25) is 0 Å². The van der Waals surface area contributed by atoms with Crippen molar-refractivity contribution in [1.29, 1.82) is 0 Å². The zero-order chi connectivity index (χ0) is 29.9. The number of hydrogen-bond acceptors (Lipinski definition) is 2. The summed E-state index contributed by atoms with van der Waals surface area (Å²) < 4.78 is 264. The molecule has 0 rings (SSSR count). The van der Waals surface area contributed by atoms with E-state index in [4.69, 9.17) is 0 Å². The smallest absolute Gasteiger partial charge is 0.393 e. The molecule has 0 aromatic heterocycles. The first-order valence-electron chi connectivity index (χ1n) is 7.85. The number of halogens is 20. The number of carbonyl (C=O) groups excluding carboxylic acids is 1. The Morgan fingerprint density at radius 1 is 0.583 bits per heavy atom. The third-order valence-corrected chi connectivity index (χ3v) is 3.93. The molecule has 0 aliphatic carbocycles. The molecule has 0 spiro atoms. The van der Waals surface area contributed by atoms with Gasteiger partial charge in [0.1, 0.15) is 0 Å². The van der Waals surface area contributed by atoms with E-state index in [1.165, 1.54) is 0 Å². The summed E-state index contributed by atoms with van der Waals surface area (Å²) in [5, 5.41) is 0. The summed E-state index contributed by atoms with van der Waals surface area (Å²) in [6.07, 6.45) is -21.2. The zero-order valence-electron chi connectivity index (χ0n) is 16.2. The Hall–Kier alpha value is -2.19. The van der Waals surface area contributed by atoms with Crippen molar-refractivity contribution in [3.63, 3.8) is 0 Å². The van der Waals surface area contributed by atoms with E-state index >= 15 is 0 Å². The number of hydrogen-bond donors (Lipinski definition) is 0. The minimum atomic E-state index is -9.07. The van der Waals surface area contributed by atoms with Crippen LogP contribution in [0, 0.1) is 0 Å². The summed E-state index contributed by atoms with van der Waals surface area (Å²) in [6, 6.07) is 0. The molecule has 0 aliphatic heterocycles. The number of carbonyl (C=O) groups is 1. The number of rotatable bonds is 10. The largest absolute Gasteiger partial charge is 0.473 e. The van der Waals surface area contributed by atoms with Crippen molar-refractivity contribution >= 4 is 5.97 Å². The van der Waals surface area contributed by atoms with Crippen LogP contribution in [-0.4, -0.2) is 65.9 Å². The molecule has 36 heavy (non-hydrogen) atoms. The van der Waals surface area contributed by atoms with Crippen LogP contribution >= 0.6 is 0 Å². The predicted molar refractivity (Wildman–Crippen MR) is 71.4 cm³/mol. The number of alkyl halides is 20. The van der Waals surface area contributed by atoms with Crippen molar-refractivity contribution in [1.82, 2.24) is 0 Å². The predicted octanol–water partition coefficient (Wildman–Crippen LogP) is 7.05. The zero-order valence-corrected chi connectivity index (χ0v) is 16.2. The SMILES string of the molecule is C=C(C)C(=O)OC(F)(F)C(F)(F)C(F)(F)C(F)(F)C(F)(F)C(F)(F)C(F)(F)C(F)(F)C(F)C(F)(F)F. The normalized spacial score (nSPS) is 16.6. The van der Waals surface area contributed by atoms with Crippen LogP contribution in [0.15, 0.2) is 12.2 Å². The molecule has 0 radical (unpaired) electrons. The minimum Gasteiger partial charge on any atom is -0.393 e. The van der Waals surface area contributed by atoms with Crippen molar-refractivity contribution in [2.24, 2.45) is 0 Å². The minimum absolute atomic E-state index is 0.319. The van der Waals surface area contributed by atoms with Crippen LogP contribution in [0.3, 0.4) is 0 Å². The van der Waals surface area contributed by atoms with Gasteiger partial charge in [-0.1, -0.05) is 6.58 Å². The summed E-state index contributed by atoms with van der Waals surface area (Å²) in [5.74, 6) is -63.8. The molecule has 1 atom stereocenters. The van der Waals surface area contributed by atoms with Gasteiger partial charge in [-0.25, -0.2) is 9.18 Å². The Kier molecular flexibility index (Phi) is 8.16. The fourth-order valence-electron chi connectivity index (χ4n) is 1.81. The van der Waals surface area contributed by atoms with Crippen molar-refractivity contribution in [3.05, 3.63) is 12.2 Å². The molecule has 0 fully saturated rings. The molecule has 214 valence electrons. The lowest BCUT2D eigenvalue weighted by Crippen LogP contribution is -2.76. The van der Waals surface area contributed by atoms with Gasteiger partial charge >= 0.3 is 59.7 Å². The summed E-state index contributed by atoms with van der Waals surface area (Å²) >= 11 is 0. The molecular formula is C14H6F20O2. The topological polar surface area (TPSA) is 26.3 Å². The van der Waals surface area contributed by atoms with Gasteiger partial charge in [0.25, 0.3) is 6.17 Å². The van der Waals surface area contributed by atoms with Gasteiger partial charge in [0, 0.05) is 5.57 Å². The molecule has 0 aromatic rings. The highest BCUT2D eigenvalue weighted by Crippen LogP contribution is 2.64. The Morgan fingerprint density at radius 2 is 0.861 bits per heavy atom. The van der Waals surface area contributed by atoms with E-state index in [1.807, 2.05) is 0 Å². The lowest BCUT2D eigenvalue weighted by Gasteiger charge is -2.43. The molecule has 2 nitrogen and oxygen atoms in total. The van der Waals surface area contributed by atoms with Gasteiger partial charge in [0.05, 0.1) is 0 Å². The Bertz CT molecular complexity index is 853. The Morgan fingerprint density at radius 3 is 1.14 bits per heavy atom. The molecule has 0 saturated heterocycles. The van der Waals surface area contributed by atoms with E-state index in [-0.39, 0.29) is 0 Å². The standard InChI is InChI=1S/C14H6F20O2/c1-3(2)4(35)36-14(33,34)13(31,32)12(29,30)11(27,28)10(25,26)9(23,24)8(21,22)6(16,17)5(15)7(18,19)20/h5H,1H2,2H3. The highest BCUT2D eigenvalue weighted by molar-refractivity contribution is 5.87. The summed E-state index contributed by atoms with van der Waals surface area (Å²) in [4.78, 5) is 10.8. The average Bonchev–Trinajstić information content (AvgIpc) is 2.64. The maximum atomic E-state index is 13.5. The molecule has 0 N–H and O–H groups in total. The summed E-state index contributed by atoms with van der Waals surface area (Å²) in [7, 11) is 0. The lowest BCUT2D eigenvalue weighted by atomic mass is 9.87.